The number of allylic oxidation sites excluding steroid dienone is 1. The molecule has 0 bridgehead atoms. The molecule has 0 aliphatic heterocycles. The lowest BCUT2D eigenvalue weighted by Gasteiger charge is -2.16. The summed E-state index contributed by atoms with van der Waals surface area (Å²) in [4.78, 5) is 16.8. The fourth-order valence-corrected chi connectivity index (χ4v) is 3.00. The normalized spacial score (nSPS) is 12.4. The molecule has 1 heterocycles. The van der Waals surface area contributed by atoms with Gasteiger partial charge in [0.05, 0.1) is 30.9 Å². The van der Waals surface area contributed by atoms with E-state index >= 15 is 0 Å². The van der Waals surface area contributed by atoms with Crippen LogP contribution < -0.4 is 15.0 Å². The van der Waals surface area contributed by atoms with E-state index in [0.29, 0.717) is 27.4 Å². The second kappa shape index (κ2) is 8.91. The van der Waals surface area contributed by atoms with Crippen LogP contribution in [0.1, 0.15) is 12.5 Å². The molecular formula is C21H21ClN2O4. The van der Waals surface area contributed by atoms with Crippen LogP contribution in [0.25, 0.3) is 17.0 Å². The molecule has 146 valence electrons. The molecule has 1 atom stereocenters. The molecule has 28 heavy (non-hydrogen) atoms. The molecule has 0 fully saturated rings. The number of ether oxygens (including phenoxy) is 2. The summed E-state index contributed by atoms with van der Waals surface area (Å²) >= 11 is 5.96. The smallest absolute Gasteiger partial charge is 0.261 e. The van der Waals surface area contributed by atoms with E-state index in [-0.39, 0.29) is 18.7 Å². The van der Waals surface area contributed by atoms with E-state index in [1.165, 1.54) is 10.9 Å². The molecular weight excluding hydrogens is 380 g/mol. The summed E-state index contributed by atoms with van der Waals surface area (Å²) < 4.78 is 12.4. The highest BCUT2D eigenvalue weighted by molar-refractivity contribution is 6.31. The van der Waals surface area contributed by atoms with Crippen LogP contribution in [0.3, 0.4) is 0 Å². The van der Waals surface area contributed by atoms with Crippen LogP contribution in [0, 0.1) is 0 Å². The molecule has 3 aromatic rings. The Morgan fingerprint density at radius 2 is 2.07 bits per heavy atom. The molecule has 2 aromatic carbocycles. The summed E-state index contributed by atoms with van der Waals surface area (Å²) in [6.45, 7) is 1.98. The molecule has 3 rings (SSSR count). The summed E-state index contributed by atoms with van der Waals surface area (Å²) in [5.74, 6) is 1.09. The quantitative estimate of drug-likeness (QED) is 0.656. The third kappa shape index (κ3) is 4.52. The van der Waals surface area contributed by atoms with Crippen LogP contribution in [-0.4, -0.2) is 34.5 Å². The number of aliphatic hydroxyl groups is 1. The van der Waals surface area contributed by atoms with Gasteiger partial charge >= 0.3 is 0 Å². The van der Waals surface area contributed by atoms with Crippen LogP contribution in [-0.2, 0) is 6.54 Å². The van der Waals surface area contributed by atoms with Crippen LogP contribution in [0.15, 0.2) is 53.6 Å². The third-order valence-corrected chi connectivity index (χ3v) is 4.41. The zero-order chi connectivity index (χ0) is 20.1. The van der Waals surface area contributed by atoms with Gasteiger partial charge in [0, 0.05) is 5.02 Å². The largest absolute Gasteiger partial charge is 0.493 e. The second-order valence-corrected chi connectivity index (χ2v) is 6.68. The van der Waals surface area contributed by atoms with E-state index in [0.717, 1.165) is 5.56 Å². The van der Waals surface area contributed by atoms with Crippen molar-refractivity contribution in [3.8, 4) is 11.5 Å². The molecule has 7 heteroatoms. The van der Waals surface area contributed by atoms with Gasteiger partial charge in [-0.2, -0.15) is 0 Å². The predicted molar refractivity (Wildman–Crippen MR) is 110 cm³/mol. The van der Waals surface area contributed by atoms with Crippen LogP contribution in [0.5, 0.6) is 11.5 Å². The molecule has 0 aliphatic rings. The molecule has 0 amide bonds. The van der Waals surface area contributed by atoms with Gasteiger partial charge in [-0.15, -0.1) is 0 Å². The van der Waals surface area contributed by atoms with Crippen molar-refractivity contribution in [1.82, 2.24) is 9.55 Å². The SMILES string of the molecule is C/C=C/c1ccc(OCC(O)Cn2cnc3ccc(Cl)cc3c2=O)c(OC)c1. The average molecular weight is 401 g/mol. The van der Waals surface area contributed by atoms with Crippen molar-refractivity contribution in [2.24, 2.45) is 0 Å². The number of hydrogen-bond donors (Lipinski definition) is 1. The van der Waals surface area contributed by atoms with Crippen molar-refractivity contribution < 1.29 is 14.6 Å². The molecule has 1 unspecified atom stereocenters. The Balaban J connectivity index is 1.71. The maximum absolute atomic E-state index is 12.6. The Morgan fingerprint density at radius 3 is 2.82 bits per heavy atom. The fraction of sp³-hybridized carbons (Fsp3) is 0.238. The standard InChI is InChI=1S/C21H21ClN2O4/c1-3-4-14-5-8-19(20(9-14)27-2)28-12-16(25)11-24-13-23-18-7-6-15(22)10-17(18)21(24)26/h3-10,13,16,25H,11-12H2,1-2H3/b4-3+. The van der Waals surface area contributed by atoms with E-state index < -0.39 is 6.10 Å². The van der Waals surface area contributed by atoms with Crippen molar-refractivity contribution in [3.63, 3.8) is 0 Å². The molecule has 1 aromatic heterocycles. The van der Waals surface area contributed by atoms with E-state index in [9.17, 15) is 9.90 Å². The third-order valence-electron chi connectivity index (χ3n) is 4.17. The number of fused-ring (bicyclic) bond motifs is 1. The van der Waals surface area contributed by atoms with E-state index in [1.54, 1.807) is 31.4 Å². The monoisotopic (exact) mass is 400 g/mol. The first-order valence-corrected chi connectivity index (χ1v) is 9.16. The molecule has 0 saturated carbocycles. The molecule has 0 saturated heterocycles. The van der Waals surface area contributed by atoms with Gasteiger partial charge in [0.25, 0.3) is 5.56 Å². The Kier molecular flexibility index (Phi) is 6.34. The van der Waals surface area contributed by atoms with Gasteiger partial charge in [-0.1, -0.05) is 29.8 Å². The Hall–Kier alpha value is -2.83. The first kappa shape index (κ1) is 19.9. The first-order valence-electron chi connectivity index (χ1n) is 8.78. The van der Waals surface area contributed by atoms with Crippen molar-refractivity contribution in [2.45, 2.75) is 19.6 Å². The molecule has 6 nitrogen and oxygen atoms in total. The number of rotatable bonds is 7. The summed E-state index contributed by atoms with van der Waals surface area (Å²) in [5, 5.41) is 11.2. The van der Waals surface area contributed by atoms with E-state index in [2.05, 4.69) is 4.98 Å². The van der Waals surface area contributed by atoms with Crippen LogP contribution in [0.4, 0.5) is 0 Å². The second-order valence-electron chi connectivity index (χ2n) is 6.24. The van der Waals surface area contributed by atoms with Gasteiger partial charge in [-0.25, -0.2) is 4.98 Å². The summed E-state index contributed by atoms with van der Waals surface area (Å²) in [6, 6.07) is 10.5. The zero-order valence-electron chi connectivity index (χ0n) is 15.6. The lowest BCUT2D eigenvalue weighted by molar-refractivity contribution is 0.0900. The first-order chi connectivity index (χ1) is 13.5. The van der Waals surface area contributed by atoms with E-state index in [1.807, 2.05) is 31.2 Å². The van der Waals surface area contributed by atoms with Crippen LogP contribution >= 0.6 is 11.6 Å². The van der Waals surface area contributed by atoms with Crippen LogP contribution in [0.2, 0.25) is 5.02 Å². The van der Waals surface area contributed by atoms with Crippen molar-refractivity contribution in [1.29, 1.82) is 0 Å². The number of nitrogens with zero attached hydrogens (tertiary/aromatic N) is 2. The fourth-order valence-electron chi connectivity index (χ4n) is 2.83. The molecule has 0 radical (unpaired) electrons. The maximum atomic E-state index is 12.6. The molecule has 1 N–H and O–H groups in total. The van der Waals surface area contributed by atoms with Crippen molar-refractivity contribution >= 4 is 28.6 Å². The molecule has 0 aliphatic carbocycles. The minimum Gasteiger partial charge on any atom is -0.493 e. The number of benzene rings is 2. The number of hydrogen-bond acceptors (Lipinski definition) is 5. The van der Waals surface area contributed by atoms with Gasteiger partial charge in [-0.3, -0.25) is 9.36 Å². The minimum atomic E-state index is -0.906. The topological polar surface area (TPSA) is 73.6 Å². The highest BCUT2D eigenvalue weighted by Gasteiger charge is 2.12. The number of aromatic nitrogens is 2. The van der Waals surface area contributed by atoms with Gasteiger partial charge in [0.15, 0.2) is 11.5 Å². The number of aliphatic hydroxyl groups excluding tert-OH is 1. The Morgan fingerprint density at radius 1 is 1.25 bits per heavy atom. The summed E-state index contributed by atoms with van der Waals surface area (Å²) in [7, 11) is 1.56. The minimum absolute atomic E-state index is 0.000648. The van der Waals surface area contributed by atoms with Crippen molar-refractivity contribution in [3.05, 3.63) is 69.7 Å². The predicted octanol–water partition coefficient (Wildman–Crippen LogP) is 3.53. The van der Waals surface area contributed by atoms with E-state index in [4.69, 9.17) is 21.1 Å². The lowest BCUT2D eigenvalue weighted by Crippen LogP contribution is -2.30. The summed E-state index contributed by atoms with van der Waals surface area (Å²) in [6.07, 6.45) is 4.39. The van der Waals surface area contributed by atoms with Gasteiger partial charge in [-0.05, 0) is 42.8 Å². The average Bonchev–Trinajstić information content (AvgIpc) is 2.69. The Bertz CT molecular complexity index is 1060. The lowest BCUT2D eigenvalue weighted by atomic mass is 10.2. The highest BCUT2D eigenvalue weighted by atomic mass is 35.5. The highest BCUT2D eigenvalue weighted by Crippen LogP contribution is 2.28. The molecule has 0 spiro atoms. The van der Waals surface area contributed by atoms with Gasteiger partial charge < -0.3 is 14.6 Å². The maximum Gasteiger partial charge on any atom is 0.261 e. The summed E-state index contributed by atoms with van der Waals surface area (Å²) in [5.41, 5.74) is 1.28. The van der Waals surface area contributed by atoms with Crippen molar-refractivity contribution in [2.75, 3.05) is 13.7 Å². The number of methoxy groups -OCH3 is 1. The van der Waals surface area contributed by atoms with Gasteiger partial charge in [0.2, 0.25) is 0 Å². The van der Waals surface area contributed by atoms with Gasteiger partial charge in [0.1, 0.15) is 12.7 Å². The number of halogens is 1. The zero-order valence-corrected chi connectivity index (χ0v) is 16.4. The Labute approximate surface area is 167 Å².